The summed E-state index contributed by atoms with van der Waals surface area (Å²) in [6, 6.07) is 0.401. The van der Waals surface area contributed by atoms with Gasteiger partial charge in [-0.15, -0.1) is 0 Å². The van der Waals surface area contributed by atoms with Crippen LogP contribution in [0.5, 0.6) is 0 Å². The molecule has 0 aromatic carbocycles. The zero-order chi connectivity index (χ0) is 13.0. The van der Waals surface area contributed by atoms with Crippen LogP contribution in [0.3, 0.4) is 0 Å². The summed E-state index contributed by atoms with van der Waals surface area (Å²) in [7, 11) is 2.11. The molecule has 1 aromatic heterocycles. The van der Waals surface area contributed by atoms with E-state index in [4.69, 9.17) is 0 Å². The van der Waals surface area contributed by atoms with Gasteiger partial charge in [0.05, 0.1) is 6.04 Å². The quantitative estimate of drug-likeness (QED) is 0.866. The Morgan fingerprint density at radius 3 is 2.67 bits per heavy atom. The van der Waals surface area contributed by atoms with Gasteiger partial charge in [-0.2, -0.15) is 0 Å². The highest BCUT2D eigenvalue weighted by Gasteiger charge is 2.37. The van der Waals surface area contributed by atoms with E-state index in [0.29, 0.717) is 11.5 Å². The molecule has 1 fully saturated rings. The van der Waals surface area contributed by atoms with E-state index in [1.165, 1.54) is 44.3 Å². The largest absolute Gasteiger partial charge is 0.337 e. The van der Waals surface area contributed by atoms with Crippen molar-refractivity contribution in [1.82, 2.24) is 14.9 Å². The molecule has 0 spiro atoms. The van der Waals surface area contributed by atoms with Crippen LogP contribution in [0.25, 0.3) is 0 Å². The number of hydrogen-bond acceptors (Lipinski definition) is 2. The Balaban J connectivity index is 2.21. The normalized spacial score (nSPS) is 20.8. The molecule has 1 aromatic rings. The van der Waals surface area contributed by atoms with Crippen LogP contribution < -0.4 is 5.32 Å². The molecular weight excluding hydrogens is 222 g/mol. The minimum atomic E-state index is 0.368. The fourth-order valence-electron chi connectivity index (χ4n) is 3.24. The summed E-state index contributed by atoms with van der Waals surface area (Å²) in [5.41, 5.74) is 0.368. The van der Waals surface area contributed by atoms with Crippen LogP contribution in [0.2, 0.25) is 0 Å². The third-order valence-electron chi connectivity index (χ3n) is 4.41. The lowest BCUT2D eigenvalue weighted by Gasteiger charge is -2.41. The minimum absolute atomic E-state index is 0.368. The van der Waals surface area contributed by atoms with Gasteiger partial charge in [0.2, 0.25) is 0 Å². The van der Waals surface area contributed by atoms with E-state index in [9.17, 15) is 0 Å². The Labute approximate surface area is 111 Å². The maximum absolute atomic E-state index is 4.59. The molecule has 2 rings (SSSR count). The Morgan fingerprint density at radius 1 is 1.39 bits per heavy atom. The van der Waals surface area contributed by atoms with Crippen molar-refractivity contribution in [3.63, 3.8) is 0 Å². The van der Waals surface area contributed by atoms with Crippen LogP contribution in [-0.4, -0.2) is 16.1 Å². The lowest BCUT2D eigenvalue weighted by atomic mass is 9.70. The molecule has 1 heterocycles. The molecule has 1 atom stereocenters. The van der Waals surface area contributed by atoms with E-state index in [2.05, 4.69) is 42.0 Å². The summed E-state index contributed by atoms with van der Waals surface area (Å²) in [5, 5.41) is 3.74. The van der Waals surface area contributed by atoms with E-state index >= 15 is 0 Å². The monoisotopic (exact) mass is 249 g/mol. The fraction of sp³-hybridized carbons (Fsp3) is 0.800. The second-order valence-corrected chi connectivity index (χ2v) is 6.00. The lowest BCUT2D eigenvalue weighted by Crippen LogP contribution is -2.39. The summed E-state index contributed by atoms with van der Waals surface area (Å²) in [4.78, 5) is 4.59. The molecular formula is C15H27N3. The number of nitrogens with one attached hydrogen (secondary N) is 1. The van der Waals surface area contributed by atoms with Gasteiger partial charge >= 0.3 is 0 Å². The Hall–Kier alpha value is -0.830. The summed E-state index contributed by atoms with van der Waals surface area (Å²) in [5.74, 6) is 1.20. The van der Waals surface area contributed by atoms with Gasteiger partial charge in [0.25, 0.3) is 0 Å². The molecule has 102 valence electrons. The maximum Gasteiger partial charge on any atom is 0.126 e. The van der Waals surface area contributed by atoms with Gasteiger partial charge in [-0.3, -0.25) is 0 Å². The van der Waals surface area contributed by atoms with E-state index in [-0.39, 0.29) is 0 Å². The van der Waals surface area contributed by atoms with Crippen molar-refractivity contribution in [2.75, 3.05) is 6.54 Å². The van der Waals surface area contributed by atoms with E-state index < -0.39 is 0 Å². The summed E-state index contributed by atoms with van der Waals surface area (Å²) < 4.78 is 2.17. The molecule has 1 saturated carbocycles. The molecule has 1 unspecified atom stereocenters. The molecule has 3 heteroatoms. The fourth-order valence-corrected chi connectivity index (χ4v) is 3.24. The molecule has 0 bridgehead atoms. The maximum atomic E-state index is 4.59. The van der Waals surface area contributed by atoms with Gasteiger partial charge in [-0.25, -0.2) is 4.98 Å². The van der Waals surface area contributed by atoms with Crippen molar-refractivity contribution in [2.24, 2.45) is 12.5 Å². The number of hydrogen-bond donors (Lipinski definition) is 1. The van der Waals surface area contributed by atoms with E-state index in [1.54, 1.807) is 0 Å². The number of nitrogens with zero attached hydrogens (tertiary/aromatic N) is 2. The van der Waals surface area contributed by atoms with E-state index in [1.807, 2.05) is 6.20 Å². The molecule has 1 aliphatic carbocycles. The number of rotatable bonds is 5. The van der Waals surface area contributed by atoms with Gasteiger partial charge in [-0.05, 0) is 31.2 Å². The van der Waals surface area contributed by atoms with Crippen LogP contribution in [0.15, 0.2) is 12.4 Å². The molecule has 1 N–H and O–H groups in total. The molecule has 0 amide bonds. The van der Waals surface area contributed by atoms with Crippen molar-refractivity contribution >= 4 is 0 Å². The van der Waals surface area contributed by atoms with Crippen LogP contribution in [0.4, 0.5) is 0 Å². The zero-order valence-corrected chi connectivity index (χ0v) is 12.1. The zero-order valence-electron chi connectivity index (χ0n) is 12.1. The smallest absolute Gasteiger partial charge is 0.126 e. The molecule has 18 heavy (non-hydrogen) atoms. The van der Waals surface area contributed by atoms with Crippen molar-refractivity contribution in [1.29, 1.82) is 0 Å². The molecule has 3 nitrogen and oxygen atoms in total. The molecule has 0 aliphatic heterocycles. The topological polar surface area (TPSA) is 29.9 Å². The Morgan fingerprint density at radius 2 is 2.11 bits per heavy atom. The number of aryl methyl sites for hydroxylation is 1. The Kier molecular flexibility index (Phi) is 4.44. The summed E-state index contributed by atoms with van der Waals surface area (Å²) in [6.45, 7) is 5.74. The molecule has 1 aliphatic rings. The summed E-state index contributed by atoms with van der Waals surface area (Å²) >= 11 is 0. The van der Waals surface area contributed by atoms with Gasteiger partial charge in [0.15, 0.2) is 0 Å². The number of imidazole rings is 1. The van der Waals surface area contributed by atoms with Crippen molar-refractivity contribution < 1.29 is 0 Å². The Bertz CT molecular complexity index is 364. The average Bonchev–Trinajstić information content (AvgIpc) is 2.77. The first-order valence-electron chi connectivity index (χ1n) is 7.38. The SMILES string of the molecule is CCCNC(c1nccn1C)C1(C)CCCCC1. The van der Waals surface area contributed by atoms with Crippen LogP contribution in [-0.2, 0) is 7.05 Å². The highest BCUT2D eigenvalue weighted by atomic mass is 15.1. The predicted octanol–water partition coefficient (Wildman–Crippen LogP) is 3.43. The van der Waals surface area contributed by atoms with Crippen molar-refractivity contribution in [2.45, 2.75) is 58.4 Å². The third-order valence-corrected chi connectivity index (χ3v) is 4.41. The first-order valence-corrected chi connectivity index (χ1v) is 7.38. The van der Waals surface area contributed by atoms with Crippen LogP contribution in [0, 0.1) is 5.41 Å². The number of aromatic nitrogens is 2. The first kappa shape index (κ1) is 13.6. The summed E-state index contributed by atoms with van der Waals surface area (Å²) in [6.07, 6.45) is 11.9. The second-order valence-electron chi connectivity index (χ2n) is 6.00. The van der Waals surface area contributed by atoms with Gasteiger partial charge in [0.1, 0.15) is 5.82 Å². The highest BCUT2D eigenvalue weighted by molar-refractivity contribution is 5.06. The molecule has 0 radical (unpaired) electrons. The van der Waals surface area contributed by atoms with Crippen LogP contribution in [0.1, 0.15) is 64.2 Å². The van der Waals surface area contributed by atoms with Gasteiger partial charge in [-0.1, -0.05) is 33.1 Å². The van der Waals surface area contributed by atoms with Crippen molar-refractivity contribution in [3.8, 4) is 0 Å². The van der Waals surface area contributed by atoms with Gasteiger partial charge < -0.3 is 9.88 Å². The first-order chi connectivity index (χ1) is 8.67. The second kappa shape index (κ2) is 5.87. The van der Waals surface area contributed by atoms with Gasteiger partial charge in [0, 0.05) is 19.4 Å². The lowest BCUT2D eigenvalue weighted by molar-refractivity contribution is 0.137. The average molecular weight is 249 g/mol. The van der Waals surface area contributed by atoms with Crippen LogP contribution >= 0.6 is 0 Å². The highest BCUT2D eigenvalue weighted by Crippen LogP contribution is 2.45. The van der Waals surface area contributed by atoms with Crippen molar-refractivity contribution in [3.05, 3.63) is 18.2 Å². The standard InChI is InChI=1S/C15H27N3/c1-4-10-16-13(14-17-11-12-18(14)3)15(2)8-6-5-7-9-15/h11-13,16H,4-10H2,1-3H3. The van der Waals surface area contributed by atoms with E-state index in [0.717, 1.165) is 6.54 Å². The molecule has 0 saturated heterocycles. The minimum Gasteiger partial charge on any atom is -0.337 e. The predicted molar refractivity (Wildman–Crippen MR) is 75.4 cm³/mol. The third kappa shape index (κ3) is 2.77.